The van der Waals surface area contributed by atoms with Crippen LogP contribution in [0, 0.1) is 6.92 Å². The Labute approximate surface area is 249 Å². The SMILES string of the molecule is C=C.CC/C=N\C(=N/CN(C)c1ccc2c(c1)nc(NCc1ccc(C)cc1)n2C)Nc1ccc(CCSC)cc1. The highest BCUT2D eigenvalue weighted by Gasteiger charge is 2.10. The van der Waals surface area contributed by atoms with Gasteiger partial charge in [-0.25, -0.2) is 15.0 Å². The van der Waals surface area contributed by atoms with Gasteiger partial charge in [0.1, 0.15) is 6.67 Å². The largest absolute Gasteiger partial charge is 0.355 e. The van der Waals surface area contributed by atoms with E-state index in [1.165, 1.54) is 16.7 Å². The highest BCUT2D eigenvalue weighted by molar-refractivity contribution is 7.98. The smallest absolute Gasteiger partial charge is 0.223 e. The summed E-state index contributed by atoms with van der Waals surface area (Å²) in [6, 6.07) is 23.4. The van der Waals surface area contributed by atoms with Gasteiger partial charge in [-0.05, 0) is 73.2 Å². The number of aromatic nitrogens is 2. The number of fused-ring (bicyclic) bond motifs is 1. The second-order valence-corrected chi connectivity index (χ2v) is 10.6. The first kappa shape index (κ1) is 31.5. The first-order chi connectivity index (χ1) is 20.0. The summed E-state index contributed by atoms with van der Waals surface area (Å²) in [5, 5.41) is 6.85. The Morgan fingerprint density at radius 3 is 2.44 bits per heavy atom. The highest BCUT2D eigenvalue weighted by Crippen LogP contribution is 2.24. The van der Waals surface area contributed by atoms with Gasteiger partial charge < -0.3 is 20.1 Å². The maximum absolute atomic E-state index is 4.86. The van der Waals surface area contributed by atoms with Gasteiger partial charge in [-0.3, -0.25) is 0 Å². The van der Waals surface area contributed by atoms with Crippen LogP contribution in [0.2, 0.25) is 0 Å². The van der Waals surface area contributed by atoms with Crippen molar-refractivity contribution in [3.8, 4) is 0 Å². The number of benzene rings is 3. The van der Waals surface area contributed by atoms with Crippen molar-refractivity contribution in [2.24, 2.45) is 17.0 Å². The minimum Gasteiger partial charge on any atom is -0.355 e. The van der Waals surface area contributed by atoms with Gasteiger partial charge >= 0.3 is 0 Å². The maximum Gasteiger partial charge on any atom is 0.223 e. The molecule has 1 heterocycles. The Morgan fingerprint density at radius 2 is 1.76 bits per heavy atom. The van der Waals surface area contributed by atoms with Crippen molar-refractivity contribution in [3.05, 3.63) is 96.6 Å². The zero-order valence-electron chi connectivity index (χ0n) is 25.0. The number of rotatable bonds is 11. The van der Waals surface area contributed by atoms with Crippen LogP contribution >= 0.6 is 11.8 Å². The standard InChI is InChI=1S/C31H39N7S.C2H4/c1-6-18-32-30(35-26-13-11-24(12-14-26)17-19-39-5)34-22-37(3)27-15-16-29-28(20-27)36-31(38(29)4)33-21-25-9-7-23(2)8-10-25;1-2/h7-16,18,20H,6,17,19,21-22H2,1-5H3,(H,33,36)(H,34,35);1-2H2/b32-18-;. The van der Waals surface area contributed by atoms with Crippen molar-refractivity contribution >= 4 is 52.3 Å². The van der Waals surface area contributed by atoms with E-state index in [0.29, 0.717) is 12.6 Å². The average molecular weight is 570 g/mol. The van der Waals surface area contributed by atoms with Gasteiger partial charge in [0.25, 0.3) is 0 Å². The number of aliphatic imine (C=N–C) groups is 2. The number of hydrogen-bond acceptors (Lipinski definition) is 5. The molecule has 0 aliphatic carbocycles. The Balaban J connectivity index is 0.00000226. The number of imidazole rings is 1. The molecule has 4 rings (SSSR count). The van der Waals surface area contributed by atoms with E-state index in [1.807, 2.05) is 32.1 Å². The lowest BCUT2D eigenvalue weighted by molar-refractivity contribution is 0.925. The summed E-state index contributed by atoms with van der Waals surface area (Å²) in [4.78, 5) is 16.3. The fourth-order valence-electron chi connectivity index (χ4n) is 4.12. The molecule has 8 heteroatoms. The summed E-state index contributed by atoms with van der Waals surface area (Å²) in [6.45, 7) is 11.4. The van der Waals surface area contributed by atoms with Crippen LogP contribution < -0.4 is 15.5 Å². The van der Waals surface area contributed by atoms with Crippen molar-refractivity contribution in [2.75, 3.05) is 41.3 Å². The number of thioether (sulfide) groups is 1. The van der Waals surface area contributed by atoms with Crippen molar-refractivity contribution in [1.29, 1.82) is 0 Å². The molecule has 3 aromatic carbocycles. The molecule has 4 aromatic rings. The number of nitrogens with one attached hydrogen (secondary N) is 2. The van der Waals surface area contributed by atoms with Crippen molar-refractivity contribution < 1.29 is 0 Å². The number of hydrogen-bond donors (Lipinski definition) is 2. The van der Waals surface area contributed by atoms with Crippen LogP contribution in [-0.4, -0.2) is 47.5 Å². The highest BCUT2D eigenvalue weighted by atomic mass is 32.2. The van der Waals surface area contributed by atoms with E-state index in [9.17, 15) is 0 Å². The molecule has 0 amide bonds. The second-order valence-electron chi connectivity index (χ2n) is 9.61. The molecule has 0 bridgehead atoms. The van der Waals surface area contributed by atoms with Crippen LogP contribution in [0.3, 0.4) is 0 Å². The summed E-state index contributed by atoms with van der Waals surface area (Å²) in [5.41, 5.74) is 7.89. The van der Waals surface area contributed by atoms with Gasteiger partial charge in [0, 0.05) is 38.2 Å². The average Bonchev–Trinajstić information content (AvgIpc) is 3.33. The Kier molecular flexibility index (Phi) is 12.5. The molecule has 0 saturated heterocycles. The Bertz CT molecular complexity index is 1420. The molecule has 41 heavy (non-hydrogen) atoms. The van der Waals surface area contributed by atoms with E-state index in [1.54, 1.807) is 0 Å². The van der Waals surface area contributed by atoms with Gasteiger partial charge in [0.15, 0.2) is 0 Å². The topological polar surface area (TPSA) is 69.8 Å². The molecular weight excluding hydrogens is 526 g/mol. The van der Waals surface area contributed by atoms with Gasteiger partial charge in [0.05, 0.1) is 11.0 Å². The first-order valence-electron chi connectivity index (χ1n) is 13.9. The molecule has 1 aromatic heterocycles. The summed E-state index contributed by atoms with van der Waals surface area (Å²) in [5.74, 6) is 2.58. The third kappa shape index (κ3) is 9.25. The molecule has 0 radical (unpaired) electrons. The molecule has 0 aliphatic heterocycles. The monoisotopic (exact) mass is 569 g/mol. The van der Waals surface area contributed by atoms with Gasteiger partial charge in [0.2, 0.25) is 11.9 Å². The number of guanidine groups is 1. The molecule has 0 aliphatic rings. The molecule has 0 atom stereocenters. The minimum atomic E-state index is 0.464. The molecule has 0 spiro atoms. The number of nitrogens with zero attached hydrogens (tertiary/aromatic N) is 5. The van der Waals surface area contributed by atoms with Crippen LogP contribution in [0.4, 0.5) is 17.3 Å². The van der Waals surface area contributed by atoms with E-state index in [2.05, 4.69) is 125 Å². The Morgan fingerprint density at radius 1 is 1.05 bits per heavy atom. The van der Waals surface area contributed by atoms with Crippen LogP contribution in [0.25, 0.3) is 11.0 Å². The van der Waals surface area contributed by atoms with E-state index in [0.717, 1.165) is 53.5 Å². The van der Waals surface area contributed by atoms with Crippen molar-refractivity contribution in [3.63, 3.8) is 0 Å². The van der Waals surface area contributed by atoms with E-state index in [-0.39, 0.29) is 0 Å². The predicted molar refractivity (Wildman–Crippen MR) is 182 cm³/mol. The molecule has 216 valence electrons. The summed E-state index contributed by atoms with van der Waals surface area (Å²) < 4.78 is 2.10. The lowest BCUT2D eigenvalue weighted by Crippen LogP contribution is -2.20. The summed E-state index contributed by atoms with van der Waals surface area (Å²) in [7, 11) is 4.07. The zero-order valence-corrected chi connectivity index (χ0v) is 25.8. The molecule has 0 saturated carbocycles. The third-order valence-corrected chi connectivity index (χ3v) is 7.12. The molecule has 0 unspecified atom stereocenters. The number of anilines is 3. The normalized spacial score (nSPS) is 11.4. The van der Waals surface area contributed by atoms with E-state index >= 15 is 0 Å². The fraction of sp³-hybridized carbons (Fsp3) is 0.303. The zero-order chi connectivity index (χ0) is 29.6. The van der Waals surface area contributed by atoms with E-state index in [4.69, 9.17) is 9.98 Å². The lowest BCUT2D eigenvalue weighted by atomic mass is 10.1. The van der Waals surface area contributed by atoms with Gasteiger partial charge in [-0.1, -0.05) is 48.9 Å². The van der Waals surface area contributed by atoms with Crippen LogP contribution in [0.1, 0.15) is 30.0 Å². The third-order valence-electron chi connectivity index (χ3n) is 6.51. The summed E-state index contributed by atoms with van der Waals surface area (Å²) in [6.07, 6.45) is 5.94. The molecule has 7 nitrogen and oxygen atoms in total. The van der Waals surface area contributed by atoms with Crippen molar-refractivity contribution in [1.82, 2.24) is 9.55 Å². The molecule has 0 fully saturated rings. The predicted octanol–water partition coefficient (Wildman–Crippen LogP) is 7.54. The Hall–Kier alpha value is -4.04. The van der Waals surface area contributed by atoms with E-state index < -0.39 is 0 Å². The van der Waals surface area contributed by atoms with Crippen LogP contribution in [-0.2, 0) is 20.0 Å². The second kappa shape index (κ2) is 16.3. The van der Waals surface area contributed by atoms with Crippen molar-refractivity contribution in [2.45, 2.75) is 33.2 Å². The van der Waals surface area contributed by atoms with Crippen LogP contribution in [0.15, 0.2) is 89.9 Å². The van der Waals surface area contributed by atoms with Gasteiger partial charge in [-0.2, -0.15) is 11.8 Å². The quantitative estimate of drug-likeness (QED) is 0.111. The van der Waals surface area contributed by atoms with Gasteiger partial charge in [-0.15, -0.1) is 13.2 Å². The number of aryl methyl sites for hydroxylation is 3. The summed E-state index contributed by atoms with van der Waals surface area (Å²) >= 11 is 1.86. The maximum atomic E-state index is 4.86. The van der Waals surface area contributed by atoms with Crippen LogP contribution in [0.5, 0.6) is 0 Å². The first-order valence-corrected chi connectivity index (χ1v) is 15.2. The molecular formula is C33H43N7S. The lowest BCUT2D eigenvalue weighted by Gasteiger charge is -2.17. The molecule has 2 N–H and O–H groups in total. The fourth-order valence-corrected chi connectivity index (χ4v) is 4.56. The minimum absolute atomic E-state index is 0.464.